The van der Waals surface area contributed by atoms with E-state index < -0.39 is 6.17 Å². The molecule has 2 fully saturated rings. The van der Waals surface area contributed by atoms with Crippen LogP contribution >= 0.6 is 0 Å². The first-order valence-electron chi connectivity index (χ1n) is 7.39. The Hall–Kier alpha value is -0.150. The van der Waals surface area contributed by atoms with Crippen LogP contribution in [-0.4, -0.2) is 52.7 Å². The largest absolute Gasteiger partial charge is 0.298 e. The summed E-state index contributed by atoms with van der Waals surface area (Å²) in [5, 5.41) is 0. The zero-order valence-corrected chi connectivity index (χ0v) is 12.7. The van der Waals surface area contributed by atoms with E-state index in [0.717, 1.165) is 32.5 Å². The molecule has 0 N–H and O–H groups in total. The molecule has 0 aliphatic carbocycles. The molecule has 0 amide bonds. The van der Waals surface area contributed by atoms with E-state index in [1.807, 2.05) is 0 Å². The number of nitrogens with zero attached hydrogens (tertiary/aromatic N) is 2. The molecule has 0 aromatic rings. The Morgan fingerprint density at radius 2 is 1.56 bits per heavy atom. The van der Waals surface area contributed by atoms with Gasteiger partial charge in [0.25, 0.3) is 0 Å². The van der Waals surface area contributed by atoms with Crippen molar-refractivity contribution < 1.29 is 4.39 Å². The fourth-order valence-corrected chi connectivity index (χ4v) is 4.08. The highest BCUT2D eigenvalue weighted by atomic mass is 19.1. The van der Waals surface area contributed by atoms with Crippen LogP contribution in [0.1, 0.15) is 53.9 Å². The molecular weight excluding hydrogens is 227 g/mol. The summed E-state index contributed by atoms with van der Waals surface area (Å²) >= 11 is 0. The van der Waals surface area contributed by atoms with Crippen LogP contribution in [0.5, 0.6) is 0 Å². The summed E-state index contributed by atoms with van der Waals surface area (Å²) in [4.78, 5) is 5.15. The lowest BCUT2D eigenvalue weighted by Crippen LogP contribution is -2.58. The maximum Gasteiger partial charge on any atom is 0.103 e. The minimum absolute atomic E-state index is 0.196. The summed E-state index contributed by atoms with van der Waals surface area (Å²) in [5.74, 6) is 0. The smallest absolute Gasteiger partial charge is 0.103 e. The van der Waals surface area contributed by atoms with Gasteiger partial charge in [-0.1, -0.05) is 0 Å². The van der Waals surface area contributed by atoms with Gasteiger partial charge in [0.05, 0.1) is 0 Å². The Bertz CT molecular complexity index is 287. The number of alkyl halides is 1. The van der Waals surface area contributed by atoms with Crippen LogP contribution < -0.4 is 0 Å². The monoisotopic (exact) mass is 256 g/mol. The van der Waals surface area contributed by atoms with Gasteiger partial charge < -0.3 is 0 Å². The van der Waals surface area contributed by atoms with Crippen molar-refractivity contribution in [3.63, 3.8) is 0 Å². The molecule has 0 radical (unpaired) electrons. The lowest BCUT2D eigenvalue weighted by atomic mass is 9.89. The highest BCUT2D eigenvalue weighted by Gasteiger charge is 2.48. The van der Waals surface area contributed by atoms with Gasteiger partial charge in [0.2, 0.25) is 0 Å². The molecule has 2 nitrogen and oxygen atoms in total. The first-order valence-corrected chi connectivity index (χ1v) is 7.39. The highest BCUT2D eigenvalue weighted by molar-refractivity contribution is 5.05. The number of halogens is 1. The molecule has 2 aliphatic rings. The molecule has 1 atom stereocenters. The van der Waals surface area contributed by atoms with Crippen molar-refractivity contribution in [2.45, 2.75) is 77.2 Å². The number of likely N-dealkylation sites (tertiary alicyclic amines) is 2. The average Bonchev–Trinajstić information content (AvgIpc) is 2.54. The predicted octanol–water partition coefficient (Wildman–Crippen LogP) is 3.07. The van der Waals surface area contributed by atoms with Crippen LogP contribution in [0.2, 0.25) is 0 Å². The van der Waals surface area contributed by atoms with Crippen LogP contribution in [-0.2, 0) is 0 Å². The van der Waals surface area contributed by atoms with E-state index in [4.69, 9.17) is 0 Å². The lowest BCUT2D eigenvalue weighted by Gasteiger charge is -2.48. The van der Waals surface area contributed by atoms with Gasteiger partial charge in [-0.05, 0) is 53.9 Å². The summed E-state index contributed by atoms with van der Waals surface area (Å²) in [6.07, 6.45) is 2.11. The zero-order valence-electron chi connectivity index (χ0n) is 12.7. The Kier molecular flexibility index (Phi) is 3.76. The van der Waals surface area contributed by atoms with E-state index in [9.17, 15) is 4.39 Å². The van der Waals surface area contributed by atoms with Gasteiger partial charge in [-0.25, -0.2) is 4.39 Å². The van der Waals surface area contributed by atoms with Gasteiger partial charge in [0.1, 0.15) is 6.17 Å². The number of hydrogen-bond donors (Lipinski definition) is 0. The van der Waals surface area contributed by atoms with Gasteiger partial charge in [0.15, 0.2) is 0 Å². The van der Waals surface area contributed by atoms with E-state index >= 15 is 0 Å². The van der Waals surface area contributed by atoms with Crippen LogP contribution in [0.25, 0.3) is 0 Å². The minimum atomic E-state index is -0.565. The van der Waals surface area contributed by atoms with Crippen LogP contribution in [0, 0.1) is 0 Å². The van der Waals surface area contributed by atoms with Crippen molar-refractivity contribution in [1.29, 1.82) is 0 Å². The maximum absolute atomic E-state index is 13.3. The van der Waals surface area contributed by atoms with Gasteiger partial charge in [-0.2, -0.15) is 0 Å². The number of rotatable bonds is 1. The third kappa shape index (κ3) is 2.57. The second-order valence-corrected chi connectivity index (χ2v) is 7.49. The molecule has 0 saturated carbocycles. The van der Waals surface area contributed by atoms with E-state index in [2.05, 4.69) is 44.4 Å². The summed E-state index contributed by atoms with van der Waals surface area (Å²) in [5.41, 5.74) is 0.415. The molecule has 2 saturated heterocycles. The van der Waals surface area contributed by atoms with E-state index in [-0.39, 0.29) is 11.1 Å². The Morgan fingerprint density at radius 1 is 1.00 bits per heavy atom. The lowest BCUT2D eigenvalue weighted by molar-refractivity contribution is 0.0103. The third-order valence-corrected chi connectivity index (χ3v) is 4.85. The molecule has 2 heterocycles. The summed E-state index contributed by atoms with van der Waals surface area (Å²) in [6, 6.07) is 0.587. The van der Waals surface area contributed by atoms with Gasteiger partial charge in [-0.3, -0.25) is 9.80 Å². The molecule has 18 heavy (non-hydrogen) atoms. The first kappa shape index (κ1) is 14.3. The van der Waals surface area contributed by atoms with Crippen molar-refractivity contribution in [2.75, 3.05) is 19.6 Å². The van der Waals surface area contributed by atoms with Crippen molar-refractivity contribution in [3.05, 3.63) is 0 Å². The SMILES string of the molecule is CC(C)(C)N1CCC(N2CCC(F)CC2)C1(C)C. The van der Waals surface area contributed by atoms with Crippen molar-refractivity contribution in [2.24, 2.45) is 0 Å². The average molecular weight is 256 g/mol. The fraction of sp³-hybridized carbons (Fsp3) is 1.00. The normalized spacial score (nSPS) is 32.0. The molecule has 1 unspecified atom stereocenters. The second kappa shape index (κ2) is 4.75. The van der Waals surface area contributed by atoms with Gasteiger partial charge in [-0.15, -0.1) is 0 Å². The quantitative estimate of drug-likeness (QED) is 0.711. The van der Waals surface area contributed by atoms with Crippen LogP contribution in [0.4, 0.5) is 4.39 Å². The Balaban J connectivity index is 2.07. The Labute approximate surface area is 112 Å². The van der Waals surface area contributed by atoms with Crippen molar-refractivity contribution in [1.82, 2.24) is 9.80 Å². The Morgan fingerprint density at radius 3 is 2.00 bits per heavy atom. The van der Waals surface area contributed by atoms with E-state index in [1.165, 1.54) is 6.42 Å². The molecule has 2 rings (SSSR count). The molecule has 0 aromatic carbocycles. The van der Waals surface area contributed by atoms with Crippen molar-refractivity contribution in [3.8, 4) is 0 Å². The molecule has 0 bridgehead atoms. The van der Waals surface area contributed by atoms with Gasteiger partial charge in [0, 0.05) is 36.8 Å². The highest BCUT2D eigenvalue weighted by Crippen LogP contribution is 2.38. The standard InChI is InChI=1S/C15H29FN2/c1-14(2,3)18-11-8-13(15(18,4)5)17-9-6-12(16)7-10-17/h12-13H,6-11H2,1-5H3. The summed E-state index contributed by atoms with van der Waals surface area (Å²) < 4.78 is 13.3. The molecule has 3 heteroatoms. The topological polar surface area (TPSA) is 6.48 Å². The van der Waals surface area contributed by atoms with E-state index in [1.54, 1.807) is 0 Å². The van der Waals surface area contributed by atoms with Crippen LogP contribution in [0.15, 0.2) is 0 Å². The first-order chi connectivity index (χ1) is 8.23. The van der Waals surface area contributed by atoms with Gasteiger partial charge >= 0.3 is 0 Å². The van der Waals surface area contributed by atoms with Crippen LogP contribution in [0.3, 0.4) is 0 Å². The molecular formula is C15H29FN2. The number of piperidine rings is 1. The fourth-order valence-electron chi connectivity index (χ4n) is 4.08. The predicted molar refractivity (Wildman–Crippen MR) is 74.6 cm³/mol. The molecule has 2 aliphatic heterocycles. The van der Waals surface area contributed by atoms with Crippen molar-refractivity contribution >= 4 is 0 Å². The molecule has 106 valence electrons. The maximum atomic E-state index is 13.3. The summed E-state index contributed by atoms with van der Waals surface area (Å²) in [7, 11) is 0. The third-order valence-electron chi connectivity index (χ3n) is 4.85. The zero-order chi connectivity index (χ0) is 13.6. The minimum Gasteiger partial charge on any atom is -0.298 e. The van der Waals surface area contributed by atoms with E-state index in [0.29, 0.717) is 6.04 Å². The molecule has 0 spiro atoms. The molecule has 0 aromatic heterocycles. The number of hydrogen-bond acceptors (Lipinski definition) is 2. The summed E-state index contributed by atoms with van der Waals surface area (Å²) in [6.45, 7) is 14.6. The second-order valence-electron chi connectivity index (χ2n) is 7.49.